The zero-order valence-electron chi connectivity index (χ0n) is 11.6. The van der Waals surface area contributed by atoms with Gasteiger partial charge in [-0.1, -0.05) is 61.2 Å². The van der Waals surface area contributed by atoms with Gasteiger partial charge in [0, 0.05) is 6.54 Å². The maximum atomic E-state index is 3.45. The van der Waals surface area contributed by atoms with E-state index in [0.717, 1.165) is 19.5 Å². The van der Waals surface area contributed by atoms with Gasteiger partial charge in [0.15, 0.2) is 0 Å². The van der Waals surface area contributed by atoms with Gasteiger partial charge in [-0.2, -0.15) is 0 Å². The van der Waals surface area contributed by atoms with Crippen LogP contribution in [0.15, 0.2) is 36.4 Å². The van der Waals surface area contributed by atoms with Gasteiger partial charge in [-0.3, -0.25) is 0 Å². The normalized spacial score (nSPS) is 12.2. The molecule has 1 aromatic rings. The molecule has 1 rings (SSSR count). The summed E-state index contributed by atoms with van der Waals surface area (Å²) >= 11 is 0. The van der Waals surface area contributed by atoms with Crippen molar-refractivity contribution in [2.24, 2.45) is 0 Å². The third-order valence-electron chi connectivity index (χ3n) is 2.87. The van der Waals surface area contributed by atoms with E-state index in [2.05, 4.69) is 68.3 Å². The maximum Gasteiger partial charge on any atom is 0.0775 e. The highest BCUT2D eigenvalue weighted by molar-refractivity contribution is 6.88. The average molecular weight is 247 g/mol. The van der Waals surface area contributed by atoms with E-state index in [9.17, 15) is 0 Å². The van der Waals surface area contributed by atoms with E-state index >= 15 is 0 Å². The number of benzene rings is 1. The summed E-state index contributed by atoms with van der Waals surface area (Å²) in [6.45, 7) is 11.3. The second-order valence-electron chi connectivity index (χ2n) is 5.48. The Labute approximate surface area is 107 Å². The van der Waals surface area contributed by atoms with Gasteiger partial charge in [0.25, 0.3) is 0 Å². The van der Waals surface area contributed by atoms with E-state index < -0.39 is 8.07 Å². The molecule has 0 amide bonds. The molecule has 0 saturated heterocycles. The predicted molar refractivity (Wildman–Crippen MR) is 80.6 cm³/mol. The monoisotopic (exact) mass is 247 g/mol. The molecule has 2 heteroatoms. The fraction of sp³-hybridized carbons (Fsp3) is 0.467. The molecule has 1 aromatic carbocycles. The Balaban J connectivity index is 2.41. The van der Waals surface area contributed by atoms with Gasteiger partial charge in [0.05, 0.1) is 8.07 Å². The van der Waals surface area contributed by atoms with Gasteiger partial charge in [-0.05, 0) is 25.5 Å². The Morgan fingerprint density at radius 1 is 1.12 bits per heavy atom. The largest absolute Gasteiger partial charge is 0.312 e. The second kappa shape index (κ2) is 6.77. The number of nitrogens with one attached hydrogen (secondary N) is 1. The molecule has 0 spiro atoms. The zero-order chi connectivity index (χ0) is 12.7. The molecule has 1 N–H and O–H groups in total. The van der Waals surface area contributed by atoms with E-state index in [4.69, 9.17) is 0 Å². The Morgan fingerprint density at radius 3 is 2.29 bits per heavy atom. The molecule has 0 heterocycles. The molecule has 0 atom stereocenters. The van der Waals surface area contributed by atoms with Crippen LogP contribution >= 0.6 is 0 Å². The summed E-state index contributed by atoms with van der Waals surface area (Å²) in [6, 6.07) is 9.12. The molecule has 0 aliphatic carbocycles. The highest BCUT2D eigenvalue weighted by Crippen LogP contribution is 2.04. The van der Waals surface area contributed by atoms with E-state index in [1.54, 1.807) is 0 Å². The Kier molecular flexibility index (Phi) is 5.66. The molecule has 0 radical (unpaired) electrons. The fourth-order valence-corrected chi connectivity index (χ4v) is 2.87. The highest BCUT2D eigenvalue weighted by atomic mass is 28.3. The van der Waals surface area contributed by atoms with Crippen LogP contribution in [-0.4, -0.2) is 14.6 Å². The second-order valence-corrected chi connectivity index (χ2v) is 10.6. The lowest BCUT2D eigenvalue weighted by Crippen LogP contribution is -2.37. The molecule has 17 heavy (non-hydrogen) atoms. The molecular formula is C15H25NSi. The third kappa shape index (κ3) is 5.33. The molecule has 0 saturated carbocycles. The van der Waals surface area contributed by atoms with Crippen LogP contribution in [0.2, 0.25) is 19.6 Å². The van der Waals surface area contributed by atoms with Crippen LogP contribution in [0.4, 0.5) is 0 Å². The van der Waals surface area contributed by atoms with Gasteiger partial charge in [-0.25, -0.2) is 0 Å². The van der Waals surface area contributed by atoms with Crippen molar-refractivity contribution in [2.45, 2.75) is 39.5 Å². The molecule has 94 valence electrons. The van der Waals surface area contributed by atoms with Crippen LogP contribution < -0.4 is 10.5 Å². The first-order chi connectivity index (χ1) is 8.04. The van der Waals surface area contributed by atoms with Crippen molar-refractivity contribution in [3.8, 4) is 0 Å². The number of hydrogen-bond acceptors (Lipinski definition) is 1. The smallest absolute Gasteiger partial charge is 0.0775 e. The van der Waals surface area contributed by atoms with Crippen molar-refractivity contribution in [2.75, 3.05) is 6.54 Å². The molecule has 0 aromatic heterocycles. The topological polar surface area (TPSA) is 12.0 Å². The standard InChI is InChI=1S/C15H25NSi/c1-5-6-7-12-16-13-14-8-10-15(11-9-14)17(2,3)4/h5-6,8-11,16H,7,12-13H2,1-4H3/b6-5+. The van der Waals surface area contributed by atoms with E-state index in [-0.39, 0.29) is 0 Å². The molecular weight excluding hydrogens is 222 g/mol. The molecule has 0 unspecified atom stereocenters. The Morgan fingerprint density at radius 2 is 1.76 bits per heavy atom. The van der Waals surface area contributed by atoms with Gasteiger partial charge in [-0.15, -0.1) is 0 Å². The first kappa shape index (κ1) is 14.2. The number of allylic oxidation sites excluding steroid dienone is 1. The summed E-state index contributed by atoms with van der Waals surface area (Å²) in [7, 11) is -1.13. The summed E-state index contributed by atoms with van der Waals surface area (Å²) in [5.41, 5.74) is 1.38. The predicted octanol–water partition coefficient (Wildman–Crippen LogP) is 3.29. The van der Waals surface area contributed by atoms with Crippen molar-refractivity contribution in [3.63, 3.8) is 0 Å². The van der Waals surface area contributed by atoms with Gasteiger partial charge in [0.2, 0.25) is 0 Å². The molecule has 0 bridgehead atoms. The number of hydrogen-bond donors (Lipinski definition) is 1. The van der Waals surface area contributed by atoms with Crippen LogP contribution in [0.1, 0.15) is 18.9 Å². The number of rotatable bonds is 6. The minimum absolute atomic E-state index is 0.976. The van der Waals surface area contributed by atoms with Crippen LogP contribution in [-0.2, 0) is 6.54 Å². The van der Waals surface area contributed by atoms with Gasteiger partial charge >= 0.3 is 0 Å². The summed E-state index contributed by atoms with van der Waals surface area (Å²) in [4.78, 5) is 0. The summed E-state index contributed by atoms with van der Waals surface area (Å²) < 4.78 is 0. The van der Waals surface area contributed by atoms with Gasteiger partial charge < -0.3 is 5.32 Å². The Bertz CT molecular complexity index is 346. The van der Waals surface area contributed by atoms with Crippen molar-refractivity contribution < 1.29 is 0 Å². The molecule has 0 fully saturated rings. The minimum atomic E-state index is -1.13. The van der Waals surface area contributed by atoms with Crippen LogP contribution in [0.3, 0.4) is 0 Å². The first-order valence-corrected chi connectivity index (χ1v) is 9.95. The summed E-state index contributed by atoms with van der Waals surface area (Å²) in [6.07, 6.45) is 5.41. The molecule has 0 aliphatic rings. The van der Waals surface area contributed by atoms with Crippen LogP contribution in [0, 0.1) is 0 Å². The van der Waals surface area contributed by atoms with Crippen LogP contribution in [0.5, 0.6) is 0 Å². The molecule has 0 aliphatic heterocycles. The first-order valence-electron chi connectivity index (χ1n) is 6.45. The van der Waals surface area contributed by atoms with Crippen molar-refractivity contribution in [3.05, 3.63) is 42.0 Å². The lowest BCUT2D eigenvalue weighted by atomic mass is 10.2. The van der Waals surface area contributed by atoms with Gasteiger partial charge in [0.1, 0.15) is 0 Å². The lowest BCUT2D eigenvalue weighted by molar-refractivity contribution is 0.695. The molecule has 1 nitrogen and oxygen atoms in total. The summed E-state index contributed by atoms with van der Waals surface area (Å²) in [5.74, 6) is 0. The van der Waals surface area contributed by atoms with Crippen molar-refractivity contribution in [1.29, 1.82) is 0 Å². The van der Waals surface area contributed by atoms with Crippen molar-refractivity contribution >= 4 is 13.3 Å². The summed E-state index contributed by atoms with van der Waals surface area (Å²) in [5, 5.41) is 4.99. The van der Waals surface area contributed by atoms with E-state index in [1.165, 1.54) is 10.8 Å². The Hall–Kier alpha value is -0.863. The van der Waals surface area contributed by atoms with E-state index in [0.29, 0.717) is 0 Å². The van der Waals surface area contributed by atoms with Crippen molar-refractivity contribution in [1.82, 2.24) is 5.32 Å². The van der Waals surface area contributed by atoms with E-state index in [1.807, 2.05) is 0 Å². The highest BCUT2D eigenvalue weighted by Gasteiger charge is 2.15. The maximum absolute atomic E-state index is 3.45. The lowest BCUT2D eigenvalue weighted by Gasteiger charge is -2.16. The average Bonchev–Trinajstić information content (AvgIpc) is 2.28. The quantitative estimate of drug-likeness (QED) is 0.462. The minimum Gasteiger partial charge on any atom is -0.312 e. The zero-order valence-corrected chi connectivity index (χ0v) is 12.6. The van der Waals surface area contributed by atoms with Crippen LogP contribution in [0.25, 0.3) is 0 Å². The third-order valence-corrected chi connectivity index (χ3v) is 4.94. The fourth-order valence-electron chi connectivity index (χ4n) is 1.71. The SMILES string of the molecule is C/C=C/CCNCc1ccc([Si](C)(C)C)cc1.